The topological polar surface area (TPSA) is 3.24 Å². The monoisotopic (exact) mass is 195 g/mol. The number of likely N-dealkylation sites (tertiary alicyclic amines) is 1. The number of rotatable bonds is 2. The fraction of sp³-hybridized carbons (Fsp3) is 1.00. The molecule has 1 fully saturated rings. The van der Waals surface area contributed by atoms with Crippen molar-refractivity contribution in [1.29, 1.82) is 0 Å². The van der Waals surface area contributed by atoms with E-state index in [1.165, 1.54) is 4.90 Å². The summed E-state index contributed by atoms with van der Waals surface area (Å²) in [6.07, 6.45) is 0. The molecule has 1 heterocycles. The molecule has 0 aromatic carbocycles. The maximum Gasteiger partial charge on any atom is 0.294 e. The van der Waals surface area contributed by atoms with E-state index in [-0.39, 0.29) is 6.54 Å². The van der Waals surface area contributed by atoms with Gasteiger partial charge in [0.15, 0.2) is 5.67 Å². The standard InChI is InChI=1S/C9H16F3N/c1-7(2)4-13-5-8(3,10)9(11,12)6-13/h7H,4-6H2,1-3H3. The van der Waals surface area contributed by atoms with Gasteiger partial charge in [0.25, 0.3) is 5.92 Å². The molecular formula is C9H16F3N. The highest BCUT2D eigenvalue weighted by Gasteiger charge is 2.58. The van der Waals surface area contributed by atoms with Crippen LogP contribution >= 0.6 is 0 Å². The Bertz CT molecular complexity index is 173. The van der Waals surface area contributed by atoms with Crippen LogP contribution in [0.5, 0.6) is 0 Å². The molecule has 1 aliphatic heterocycles. The number of hydrogen-bond donors (Lipinski definition) is 0. The lowest BCUT2D eigenvalue weighted by atomic mass is 10.1. The first-order valence-electron chi connectivity index (χ1n) is 4.54. The average Bonchev–Trinajstić information content (AvgIpc) is 1.98. The molecule has 4 heteroatoms. The van der Waals surface area contributed by atoms with Gasteiger partial charge in [-0.1, -0.05) is 13.8 Å². The first-order chi connectivity index (χ1) is 5.74. The van der Waals surface area contributed by atoms with Crippen LogP contribution < -0.4 is 0 Å². The summed E-state index contributed by atoms with van der Waals surface area (Å²) >= 11 is 0. The van der Waals surface area contributed by atoms with E-state index < -0.39 is 18.1 Å². The largest absolute Gasteiger partial charge is 0.294 e. The Hall–Kier alpha value is -0.250. The summed E-state index contributed by atoms with van der Waals surface area (Å²) in [7, 11) is 0. The fourth-order valence-corrected chi connectivity index (χ4v) is 1.68. The van der Waals surface area contributed by atoms with E-state index in [1.54, 1.807) is 0 Å². The van der Waals surface area contributed by atoms with E-state index in [1.807, 2.05) is 13.8 Å². The zero-order valence-corrected chi connectivity index (χ0v) is 8.28. The lowest BCUT2D eigenvalue weighted by Gasteiger charge is -2.19. The van der Waals surface area contributed by atoms with Gasteiger partial charge in [-0.2, -0.15) is 0 Å². The van der Waals surface area contributed by atoms with Crippen molar-refractivity contribution in [3.63, 3.8) is 0 Å². The zero-order valence-electron chi connectivity index (χ0n) is 8.28. The van der Waals surface area contributed by atoms with Crippen LogP contribution in [-0.4, -0.2) is 36.1 Å². The van der Waals surface area contributed by atoms with E-state index in [4.69, 9.17) is 0 Å². The zero-order chi connectivity index (χ0) is 10.3. The molecule has 0 aromatic heterocycles. The van der Waals surface area contributed by atoms with Gasteiger partial charge in [-0.05, 0) is 12.8 Å². The first-order valence-corrected chi connectivity index (χ1v) is 4.54. The summed E-state index contributed by atoms with van der Waals surface area (Å²) in [6.45, 7) is 4.79. The van der Waals surface area contributed by atoms with Gasteiger partial charge in [-0.3, -0.25) is 4.90 Å². The maximum atomic E-state index is 13.3. The van der Waals surface area contributed by atoms with Gasteiger partial charge < -0.3 is 0 Å². The summed E-state index contributed by atoms with van der Waals surface area (Å²) in [5.41, 5.74) is -2.36. The van der Waals surface area contributed by atoms with Gasteiger partial charge in [-0.15, -0.1) is 0 Å². The fourth-order valence-electron chi connectivity index (χ4n) is 1.68. The number of alkyl halides is 3. The molecule has 0 amide bonds. The molecule has 1 rings (SSSR count). The summed E-state index contributed by atoms with van der Waals surface area (Å²) in [5.74, 6) is -2.90. The Morgan fingerprint density at radius 1 is 1.23 bits per heavy atom. The van der Waals surface area contributed by atoms with E-state index in [0.717, 1.165) is 6.92 Å². The molecule has 0 saturated carbocycles. The SMILES string of the molecule is CC(C)CN1CC(C)(F)C(F)(F)C1. The van der Waals surface area contributed by atoms with Gasteiger partial charge in [0.1, 0.15) is 0 Å². The molecule has 1 aliphatic rings. The third-order valence-electron chi connectivity index (χ3n) is 2.33. The van der Waals surface area contributed by atoms with Crippen LogP contribution in [-0.2, 0) is 0 Å². The summed E-state index contributed by atoms with van der Waals surface area (Å²) in [5, 5.41) is 0. The molecule has 0 aromatic rings. The van der Waals surface area contributed by atoms with Crippen molar-refractivity contribution < 1.29 is 13.2 Å². The Morgan fingerprint density at radius 2 is 1.77 bits per heavy atom. The summed E-state index contributed by atoms with van der Waals surface area (Å²) < 4.78 is 39.3. The van der Waals surface area contributed by atoms with Crippen LogP contribution in [0.15, 0.2) is 0 Å². The van der Waals surface area contributed by atoms with Gasteiger partial charge in [0.05, 0.1) is 6.54 Å². The predicted octanol–water partition coefficient (Wildman–Crippen LogP) is 2.32. The minimum Gasteiger partial charge on any atom is -0.294 e. The molecule has 13 heavy (non-hydrogen) atoms. The van der Waals surface area contributed by atoms with Crippen molar-refractivity contribution in [3.8, 4) is 0 Å². The third kappa shape index (κ3) is 2.16. The highest BCUT2D eigenvalue weighted by molar-refractivity contribution is 5.01. The van der Waals surface area contributed by atoms with E-state index in [2.05, 4.69) is 0 Å². The Balaban J connectivity index is 2.60. The van der Waals surface area contributed by atoms with Crippen molar-refractivity contribution in [2.45, 2.75) is 32.4 Å². The summed E-state index contributed by atoms with van der Waals surface area (Å²) in [6, 6.07) is 0. The van der Waals surface area contributed by atoms with Gasteiger partial charge in [-0.25, -0.2) is 13.2 Å². The van der Waals surface area contributed by atoms with Gasteiger partial charge >= 0.3 is 0 Å². The van der Waals surface area contributed by atoms with Crippen LogP contribution in [0.1, 0.15) is 20.8 Å². The molecule has 78 valence electrons. The second kappa shape index (κ2) is 3.15. The normalized spacial score (nSPS) is 34.4. The Morgan fingerprint density at radius 3 is 2.08 bits per heavy atom. The lowest BCUT2D eigenvalue weighted by molar-refractivity contribution is -0.0911. The maximum absolute atomic E-state index is 13.3. The van der Waals surface area contributed by atoms with Crippen molar-refractivity contribution in [1.82, 2.24) is 4.90 Å². The van der Waals surface area contributed by atoms with Crippen LogP contribution in [0.3, 0.4) is 0 Å². The van der Waals surface area contributed by atoms with Crippen LogP contribution in [0.2, 0.25) is 0 Å². The van der Waals surface area contributed by atoms with E-state index >= 15 is 0 Å². The second-order valence-corrected chi connectivity index (χ2v) is 4.47. The van der Waals surface area contributed by atoms with Crippen LogP contribution in [0.25, 0.3) is 0 Å². The van der Waals surface area contributed by atoms with Gasteiger partial charge in [0.2, 0.25) is 0 Å². The quantitative estimate of drug-likeness (QED) is 0.653. The second-order valence-electron chi connectivity index (χ2n) is 4.47. The number of hydrogen-bond acceptors (Lipinski definition) is 1. The highest BCUT2D eigenvalue weighted by Crippen LogP contribution is 2.39. The van der Waals surface area contributed by atoms with Crippen molar-refractivity contribution in [3.05, 3.63) is 0 Å². The third-order valence-corrected chi connectivity index (χ3v) is 2.33. The van der Waals surface area contributed by atoms with Crippen LogP contribution in [0.4, 0.5) is 13.2 Å². The average molecular weight is 195 g/mol. The number of nitrogens with zero attached hydrogens (tertiary/aromatic N) is 1. The van der Waals surface area contributed by atoms with Crippen LogP contribution in [0, 0.1) is 5.92 Å². The molecule has 1 atom stereocenters. The smallest absolute Gasteiger partial charge is 0.294 e. The van der Waals surface area contributed by atoms with E-state index in [0.29, 0.717) is 12.5 Å². The molecule has 0 radical (unpaired) electrons. The first kappa shape index (κ1) is 10.8. The molecule has 0 aliphatic carbocycles. The molecular weight excluding hydrogens is 179 g/mol. The Labute approximate surface area is 76.9 Å². The minimum absolute atomic E-state index is 0.155. The number of halogens is 3. The van der Waals surface area contributed by atoms with Crippen molar-refractivity contribution in [2.75, 3.05) is 19.6 Å². The highest BCUT2D eigenvalue weighted by atomic mass is 19.3. The predicted molar refractivity (Wildman–Crippen MR) is 45.7 cm³/mol. The molecule has 1 unspecified atom stereocenters. The minimum atomic E-state index is -3.19. The Kier molecular flexibility index (Phi) is 2.63. The lowest BCUT2D eigenvalue weighted by Crippen LogP contribution is -2.39. The van der Waals surface area contributed by atoms with Crippen molar-refractivity contribution in [2.24, 2.45) is 5.92 Å². The summed E-state index contributed by atoms with van der Waals surface area (Å²) in [4.78, 5) is 1.49. The molecule has 1 nitrogen and oxygen atoms in total. The molecule has 0 bridgehead atoms. The van der Waals surface area contributed by atoms with E-state index in [9.17, 15) is 13.2 Å². The van der Waals surface area contributed by atoms with Crippen molar-refractivity contribution >= 4 is 0 Å². The molecule has 1 saturated heterocycles. The molecule has 0 N–H and O–H groups in total. The van der Waals surface area contributed by atoms with Gasteiger partial charge in [0, 0.05) is 13.1 Å². The molecule has 0 spiro atoms.